The second-order valence-corrected chi connectivity index (χ2v) is 4.43. The third-order valence-electron chi connectivity index (χ3n) is 2.37. The van der Waals surface area contributed by atoms with E-state index in [1.54, 1.807) is 0 Å². The summed E-state index contributed by atoms with van der Waals surface area (Å²) in [5, 5.41) is 0. The van der Waals surface area contributed by atoms with Crippen LogP contribution in [0.2, 0.25) is 0 Å². The van der Waals surface area contributed by atoms with Crippen molar-refractivity contribution >= 4 is 11.9 Å². The van der Waals surface area contributed by atoms with E-state index in [0.717, 1.165) is 0 Å². The smallest absolute Gasteiger partial charge is 0.422 e. The van der Waals surface area contributed by atoms with Crippen molar-refractivity contribution in [1.82, 2.24) is 0 Å². The topological polar surface area (TPSA) is 52.6 Å². The van der Waals surface area contributed by atoms with Crippen molar-refractivity contribution in [3.63, 3.8) is 0 Å². The van der Waals surface area contributed by atoms with Crippen molar-refractivity contribution in [1.29, 1.82) is 0 Å². The summed E-state index contributed by atoms with van der Waals surface area (Å²) in [6.45, 7) is 0.684. The van der Waals surface area contributed by atoms with Gasteiger partial charge in [0.1, 0.15) is 0 Å². The monoisotopic (exact) mass is 336 g/mol. The van der Waals surface area contributed by atoms with Crippen molar-refractivity contribution in [2.45, 2.75) is 25.7 Å². The number of esters is 2. The van der Waals surface area contributed by atoms with Gasteiger partial charge < -0.3 is 9.47 Å². The van der Waals surface area contributed by atoms with Crippen LogP contribution in [0.1, 0.15) is 13.3 Å². The first-order valence-electron chi connectivity index (χ1n) is 5.95. The van der Waals surface area contributed by atoms with Crippen LogP contribution < -0.4 is 0 Å². The first-order chi connectivity index (χ1) is 9.87. The van der Waals surface area contributed by atoms with Crippen molar-refractivity contribution in [2.75, 3.05) is 13.2 Å². The minimum Gasteiger partial charge on any atom is -0.455 e. The Bertz CT molecular complexity index is 371. The van der Waals surface area contributed by atoms with Gasteiger partial charge >= 0.3 is 24.3 Å². The molecule has 0 spiro atoms. The molecule has 10 heteroatoms. The number of rotatable bonds is 7. The zero-order valence-electron chi connectivity index (χ0n) is 11.5. The third kappa shape index (κ3) is 8.53. The van der Waals surface area contributed by atoms with E-state index in [-0.39, 0.29) is 6.42 Å². The van der Waals surface area contributed by atoms with Gasteiger partial charge in [0, 0.05) is 0 Å². The Hall–Kier alpha value is -1.74. The molecule has 4 nitrogen and oxygen atoms in total. The van der Waals surface area contributed by atoms with E-state index in [9.17, 15) is 35.9 Å². The molecule has 0 aromatic rings. The fourth-order valence-electron chi connectivity index (χ4n) is 1.45. The minimum atomic E-state index is -4.82. The predicted molar refractivity (Wildman–Crippen MR) is 61.5 cm³/mol. The van der Waals surface area contributed by atoms with Gasteiger partial charge in [-0.2, -0.15) is 26.3 Å². The van der Waals surface area contributed by atoms with Gasteiger partial charge in [-0.15, -0.1) is 6.58 Å². The van der Waals surface area contributed by atoms with E-state index in [4.69, 9.17) is 0 Å². The number of allylic oxidation sites excluding steroid dienone is 1. The average molecular weight is 336 g/mol. The molecule has 128 valence electrons. The molecule has 1 unspecified atom stereocenters. The highest BCUT2D eigenvalue weighted by Crippen LogP contribution is 2.23. The molecule has 0 heterocycles. The van der Waals surface area contributed by atoms with E-state index in [0.29, 0.717) is 0 Å². The first kappa shape index (κ1) is 20.3. The summed E-state index contributed by atoms with van der Waals surface area (Å²) < 4.78 is 79.7. The van der Waals surface area contributed by atoms with Crippen LogP contribution in [-0.4, -0.2) is 37.5 Å². The first-order valence-corrected chi connectivity index (χ1v) is 5.95. The highest BCUT2D eigenvalue weighted by atomic mass is 19.4. The molecular formula is C12H14F6O4. The Morgan fingerprint density at radius 3 is 1.64 bits per heavy atom. The standard InChI is InChI=1S/C12H14F6O4/c1-3-4-7(2)8(9(19)21-5-11(13,14)15)10(20)22-6-12(16,17)18/h3,7-8H,1,4-6H2,2H3. The fraction of sp³-hybridized carbons (Fsp3) is 0.667. The highest BCUT2D eigenvalue weighted by molar-refractivity contribution is 5.95. The number of carbonyl (C=O) groups is 2. The molecule has 0 amide bonds. The molecule has 0 saturated carbocycles. The quantitative estimate of drug-likeness (QED) is 0.310. The van der Waals surface area contributed by atoms with Gasteiger partial charge in [0.05, 0.1) is 0 Å². The van der Waals surface area contributed by atoms with Crippen molar-refractivity contribution < 1.29 is 45.4 Å². The number of carbonyl (C=O) groups excluding carboxylic acids is 2. The zero-order valence-corrected chi connectivity index (χ0v) is 11.5. The Kier molecular flexibility index (Phi) is 7.41. The number of hydrogen-bond donors (Lipinski definition) is 0. The summed E-state index contributed by atoms with van der Waals surface area (Å²) in [5.41, 5.74) is 0. The van der Waals surface area contributed by atoms with Crippen LogP contribution in [0.5, 0.6) is 0 Å². The lowest BCUT2D eigenvalue weighted by Gasteiger charge is -2.21. The largest absolute Gasteiger partial charge is 0.455 e. The van der Waals surface area contributed by atoms with Gasteiger partial charge in [-0.1, -0.05) is 13.0 Å². The number of ether oxygens (including phenoxy) is 2. The van der Waals surface area contributed by atoms with E-state index in [1.165, 1.54) is 13.0 Å². The van der Waals surface area contributed by atoms with Crippen LogP contribution in [0.3, 0.4) is 0 Å². The molecule has 0 aromatic heterocycles. The normalized spacial score (nSPS) is 13.6. The molecule has 0 saturated heterocycles. The molecule has 0 aromatic carbocycles. The van der Waals surface area contributed by atoms with E-state index < -0.39 is 49.3 Å². The minimum absolute atomic E-state index is 0.00704. The Morgan fingerprint density at radius 1 is 1.00 bits per heavy atom. The number of alkyl halides is 6. The van der Waals surface area contributed by atoms with Crippen molar-refractivity contribution in [2.24, 2.45) is 11.8 Å². The summed E-state index contributed by atoms with van der Waals surface area (Å²) in [4.78, 5) is 23.1. The maximum Gasteiger partial charge on any atom is 0.422 e. The van der Waals surface area contributed by atoms with Crippen LogP contribution >= 0.6 is 0 Å². The van der Waals surface area contributed by atoms with Gasteiger partial charge in [-0.05, 0) is 12.3 Å². The Balaban J connectivity index is 4.92. The zero-order chi connectivity index (χ0) is 17.6. The lowest BCUT2D eigenvalue weighted by Crippen LogP contribution is -2.36. The van der Waals surface area contributed by atoms with Crippen molar-refractivity contribution in [3.8, 4) is 0 Å². The lowest BCUT2D eigenvalue weighted by atomic mass is 9.91. The van der Waals surface area contributed by atoms with E-state index in [2.05, 4.69) is 16.1 Å². The second-order valence-electron chi connectivity index (χ2n) is 4.43. The molecule has 0 radical (unpaired) electrons. The molecule has 1 atom stereocenters. The van der Waals surface area contributed by atoms with E-state index in [1.807, 2.05) is 0 Å². The van der Waals surface area contributed by atoms with Gasteiger partial charge in [0.15, 0.2) is 19.1 Å². The van der Waals surface area contributed by atoms with Gasteiger partial charge in [-0.25, -0.2) is 0 Å². The maximum absolute atomic E-state index is 12.0. The van der Waals surface area contributed by atoms with E-state index >= 15 is 0 Å². The molecule has 0 rings (SSSR count). The Labute approximate surface area is 122 Å². The Morgan fingerprint density at radius 2 is 1.36 bits per heavy atom. The second kappa shape index (κ2) is 8.04. The average Bonchev–Trinajstić information content (AvgIpc) is 2.33. The molecular weight excluding hydrogens is 322 g/mol. The van der Waals surface area contributed by atoms with Crippen LogP contribution in [-0.2, 0) is 19.1 Å². The van der Waals surface area contributed by atoms with Crippen molar-refractivity contribution in [3.05, 3.63) is 12.7 Å². The molecule has 0 aliphatic carbocycles. The van der Waals surface area contributed by atoms with Gasteiger partial charge in [0.25, 0.3) is 0 Å². The van der Waals surface area contributed by atoms with Crippen LogP contribution in [0.25, 0.3) is 0 Å². The SMILES string of the molecule is C=CCC(C)C(C(=O)OCC(F)(F)F)C(=O)OCC(F)(F)F. The fourth-order valence-corrected chi connectivity index (χ4v) is 1.45. The third-order valence-corrected chi connectivity index (χ3v) is 2.37. The van der Waals surface area contributed by atoms with Crippen LogP contribution in [0, 0.1) is 11.8 Å². The molecule has 0 bridgehead atoms. The van der Waals surface area contributed by atoms with Gasteiger partial charge in [0.2, 0.25) is 0 Å². The molecule has 0 aliphatic heterocycles. The highest BCUT2D eigenvalue weighted by Gasteiger charge is 2.39. The summed E-state index contributed by atoms with van der Waals surface area (Å²) in [6.07, 6.45) is -8.39. The van der Waals surface area contributed by atoms with Gasteiger partial charge in [-0.3, -0.25) is 9.59 Å². The summed E-state index contributed by atoms with van der Waals surface area (Å²) in [7, 11) is 0. The molecule has 0 N–H and O–H groups in total. The summed E-state index contributed by atoms with van der Waals surface area (Å²) >= 11 is 0. The summed E-state index contributed by atoms with van der Waals surface area (Å²) in [6, 6.07) is 0. The summed E-state index contributed by atoms with van der Waals surface area (Å²) in [5.74, 6) is -6.03. The van der Waals surface area contributed by atoms with Crippen LogP contribution in [0.15, 0.2) is 12.7 Å². The predicted octanol–water partition coefficient (Wildman–Crippen LogP) is 3.03. The number of halogens is 6. The lowest BCUT2D eigenvalue weighted by molar-refractivity contribution is -0.200. The molecule has 0 fully saturated rings. The molecule has 0 aliphatic rings. The maximum atomic E-state index is 12.0. The number of hydrogen-bond acceptors (Lipinski definition) is 4. The van der Waals surface area contributed by atoms with Crippen LogP contribution in [0.4, 0.5) is 26.3 Å². The molecule has 22 heavy (non-hydrogen) atoms.